The van der Waals surface area contributed by atoms with Gasteiger partial charge in [0.1, 0.15) is 5.82 Å². The van der Waals surface area contributed by atoms with Gasteiger partial charge in [0.15, 0.2) is 0 Å². The van der Waals surface area contributed by atoms with Crippen LogP contribution in [0.2, 0.25) is 5.02 Å². The summed E-state index contributed by atoms with van der Waals surface area (Å²) in [4.78, 5) is 11.7. The lowest BCUT2D eigenvalue weighted by Gasteiger charge is -2.07. The molecule has 0 saturated carbocycles. The molecule has 0 bridgehead atoms. The fraction of sp³-hybridized carbons (Fsp3) is 0.417. The average Bonchev–Trinajstić information content (AvgIpc) is 2.29. The van der Waals surface area contributed by atoms with Crippen LogP contribution in [0.5, 0.6) is 0 Å². The highest BCUT2D eigenvalue weighted by molar-refractivity contribution is 9.10. The molecule has 0 saturated heterocycles. The molecule has 1 rings (SSSR count). The molecule has 0 aromatic heterocycles. The predicted octanol–water partition coefficient (Wildman–Crippen LogP) is 4.16. The minimum absolute atomic E-state index is 0.0188. The van der Waals surface area contributed by atoms with E-state index in [1.165, 1.54) is 12.1 Å². The van der Waals surface area contributed by atoms with Crippen molar-refractivity contribution in [2.24, 2.45) is 0 Å². The van der Waals surface area contributed by atoms with Crippen molar-refractivity contribution in [3.8, 4) is 0 Å². The first-order chi connectivity index (χ1) is 8.06. The summed E-state index contributed by atoms with van der Waals surface area (Å²) >= 11 is 8.92. The Morgan fingerprint density at radius 2 is 2.18 bits per heavy atom. The Balaban J connectivity index is 2.66. The number of hydrogen-bond acceptors (Lipinski definition) is 1. The Labute approximate surface area is 114 Å². The van der Waals surface area contributed by atoms with E-state index in [9.17, 15) is 9.18 Å². The molecule has 94 valence electrons. The highest BCUT2D eigenvalue weighted by Crippen LogP contribution is 2.25. The standard InChI is InChI=1S/C12H14BrClFNO/c1-2-3-4-5-16-12(17)8-6-10(14)9(13)7-11(8)15/h6-7H,2-5H2,1H3,(H,16,17). The molecule has 0 spiro atoms. The number of amides is 1. The van der Waals surface area contributed by atoms with Crippen molar-refractivity contribution in [3.05, 3.63) is 33.0 Å². The van der Waals surface area contributed by atoms with Crippen LogP contribution in [-0.4, -0.2) is 12.5 Å². The van der Waals surface area contributed by atoms with Gasteiger partial charge in [0.05, 0.1) is 10.6 Å². The molecule has 2 nitrogen and oxygen atoms in total. The van der Waals surface area contributed by atoms with Crippen LogP contribution in [-0.2, 0) is 0 Å². The largest absolute Gasteiger partial charge is 0.352 e. The number of rotatable bonds is 5. The zero-order valence-electron chi connectivity index (χ0n) is 9.53. The van der Waals surface area contributed by atoms with Gasteiger partial charge in [-0.15, -0.1) is 0 Å². The number of carbonyl (C=O) groups is 1. The second-order valence-corrected chi connectivity index (χ2v) is 4.97. The van der Waals surface area contributed by atoms with Crippen molar-refractivity contribution in [2.45, 2.75) is 26.2 Å². The minimum Gasteiger partial charge on any atom is -0.352 e. The maximum Gasteiger partial charge on any atom is 0.254 e. The molecule has 0 heterocycles. The lowest BCUT2D eigenvalue weighted by atomic mass is 10.2. The van der Waals surface area contributed by atoms with Gasteiger partial charge in [0, 0.05) is 11.0 Å². The SMILES string of the molecule is CCCCCNC(=O)c1cc(Cl)c(Br)cc1F. The first-order valence-electron chi connectivity index (χ1n) is 5.49. The molecule has 0 aliphatic carbocycles. The molecular formula is C12H14BrClFNO. The second-order valence-electron chi connectivity index (χ2n) is 3.71. The number of carbonyl (C=O) groups excluding carboxylic acids is 1. The van der Waals surface area contributed by atoms with Crippen LogP contribution in [0.1, 0.15) is 36.5 Å². The van der Waals surface area contributed by atoms with Crippen molar-refractivity contribution >= 4 is 33.4 Å². The molecule has 1 amide bonds. The maximum absolute atomic E-state index is 13.5. The van der Waals surface area contributed by atoms with Crippen molar-refractivity contribution < 1.29 is 9.18 Å². The lowest BCUT2D eigenvalue weighted by Crippen LogP contribution is -2.25. The molecule has 1 aromatic carbocycles. The van der Waals surface area contributed by atoms with Gasteiger partial charge in [-0.1, -0.05) is 31.4 Å². The Bertz CT molecular complexity index is 412. The van der Waals surface area contributed by atoms with E-state index in [4.69, 9.17) is 11.6 Å². The first-order valence-corrected chi connectivity index (χ1v) is 6.66. The Hall–Kier alpha value is -0.610. The van der Waals surface area contributed by atoms with E-state index in [0.717, 1.165) is 19.3 Å². The van der Waals surface area contributed by atoms with Crippen molar-refractivity contribution in [3.63, 3.8) is 0 Å². The third-order valence-electron chi connectivity index (χ3n) is 2.32. The zero-order valence-corrected chi connectivity index (χ0v) is 11.9. The number of hydrogen-bond donors (Lipinski definition) is 1. The fourth-order valence-corrected chi connectivity index (χ4v) is 1.85. The average molecular weight is 323 g/mol. The van der Waals surface area contributed by atoms with E-state index in [2.05, 4.69) is 28.2 Å². The molecule has 17 heavy (non-hydrogen) atoms. The van der Waals surface area contributed by atoms with Gasteiger partial charge in [-0.3, -0.25) is 4.79 Å². The van der Waals surface area contributed by atoms with Crippen LogP contribution in [0.4, 0.5) is 4.39 Å². The van der Waals surface area contributed by atoms with Crippen LogP contribution < -0.4 is 5.32 Å². The van der Waals surface area contributed by atoms with Gasteiger partial charge >= 0.3 is 0 Å². The Morgan fingerprint density at radius 3 is 2.82 bits per heavy atom. The van der Waals surface area contributed by atoms with Gasteiger partial charge < -0.3 is 5.32 Å². The summed E-state index contributed by atoms with van der Waals surface area (Å²) in [5.74, 6) is -0.998. The Kier molecular flexibility index (Phi) is 5.92. The van der Waals surface area contributed by atoms with Crippen molar-refractivity contribution in [1.82, 2.24) is 5.32 Å². The van der Waals surface area contributed by atoms with Gasteiger partial charge in [0.2, 0.25) is 0 Å². The summed E-state index contributed by atoms with van der Waals surface area (Å²) in [5, 5.41) is 2.99. The summed E-state index contributed by atoms with van der Waals surface area (Å²) in [6.07, 6.45) is 3.02. The van der Waals surface area contributed by atoms with Gasteiger partial charge in [-0.05, 0) is 34.5 Å². The quantitative estimate of drug-likeness (QED) is 0.640. The third kappa shape index (κ3) is 4.28. The highest BCUT2D eigenvalue weighted by atomic mass is 79.9. The van der Waals surface area contributed by atoms with E-state index in [-0.39, 0.29) is 5.56 Å². The van der Waals surface area contributed by atoms with E-state index < -0.39 is 11.7 Å². The number of benzene rings is 1. The fourth-order valence-electron chi connectivity index (χ4n) is 1.37. The topological polar surface area (TPSA) is 29.1 Å². The summed E-state index contributed by atoms with van der Waals surface area (Å²) in [7, 11) is 0. The molecule has 0 aliphatic rings. The maximum atomic E-state index is 13.5. The highest BCUT2D eigenvalue weighted by Gasteiger charge is 2.13. The molecule has 0 radical (unpaired) electrons. The normalized spacial score (nSPS) is 10.4. The minimum atomic E-state index is -0.575. The van der Waals surface area contributed by atoms with Crippen LogP contribution in [0, 0.1) is 5.82 Å². The second kappa shape index (κ2) is 6.97. The van der Waals surface area contributed by atoms with Crippen molar-refractivity contribution in [1.29, 1.82) is 0 Å². The lowest BCUT2D eigenvalue weighted by molar-refractivity contribution is 0.0949. The smallest absolute Gasteiger partial charge is 0.254 e. The monoisotopic (exact) mass is 321 g/mol. The zero-order chi connectivity index (χ0) is 12.8. The predicted molar refractivity (Wildman–Crippen MR) is 71.0 cm³/mol. The van der Waals surface area contributed by atoms with E-state index in [1.807, 2.05) is 0 Å². The molecule has 5 heteroatoms. The van der Waals surface area contributed by atoms with Crippen LogP contribution in [0.3, 0.4) is 0 Å². The first kappa shape index (κ1) is 14.5. The summed E-state index contributed by atoms with van der Waals surface area (Å²) in [6, 6.07) is 2.53. The number of nitrogens with one attached hydrogen (secondary N) is 1. The molecule has 0 unspecified atom stereocenters. The van der Waals surface area contributed by atoms with Gasteiger partial charge in [-0.2, -0.15) is 0 Å². The molecule has 0 aliphatic heterocycles. The van der Waals surface area contributed by atoms with E-state index >= 15 is 0 Å². The molecular weight excluding hydrogens is 308 g/mol. The van der Waals surface area contributed by atoms with Gasteiger partial charge in [-0.25, -0.2) is 4.39 Å². The van der Waals surface area contributed by atoms with Crippen LogP contribution in [0.25, 0.3) is 0 Å². The summed E-state index contributed by atoms with van der Waals surface area (Å²) in [6.45, 7) is 2.63. The van der Waals surface area contributed by atoms with E-state index in [0.29, 0.717) is 16.0 Å². The molecule has 0 atom stereocenters. The molecule has 1 aromatic rings. The Morgan fingerprint density at radius 1 is 1.47 bits per heavy atom. The van der Waals surface area contributed by atoms with Crippen LogP contribution in [0.15, 0.2) is 16.6 Å². The summed E-state index contributed by atoms with van der Waals surface area (Å²) < 4.78 is 14.0. The number of unbranched alkanes of at least 4 members (excludes halogenated alkanes) is 2. The number of halogens is 3. The van der Waals surface area contributed by atoms with E-state index in [1.54, 1.807) is 0 Å². The van der Waals surface area contributed by atoms with Gasteiger partial charge in [0.25, 0.3) is 5.91 Å². The molecule has 1 N–H and O–H groups in total. The van der Waals surface area contributed by atoms with Crippen molar-refractivity contribution in [2.75, 3.05) is 6.54 Å². The molecule has 0 fully saturated rings. The summed E-state index contributed by atoms with van der Waals surface area (Å²) in [5.41, 5.74) is -0.0188. The third-order valence-corrected chi connectivity index (χ3v) is 3.52. The van der Waals surface area contributed by atoms with Crippen LogP contribution >= 0.6 is 27.5 Å².